The highest BCUT2D eigenvalue weighted by molar-refractivity contribution is 7.98. The summed E-state index contributed by atoms with van der Waals surface area (Å²) >= 11 is 1.72. The molecule has 3 rings (SSSR count). The van der Waals surface area contributed by atoms with Gasteiger partial charge in [0.05, 0.1) is 0 Å². The van der Waals surface area contributed by atoms with Crippen LogP contribution in [0.3, 0.4) is 0 Å². The minimum absolute atomic E-state index is 0.0878. The number of nitrogens with zero attached hydrogens (tertiary/aromatic N) is 5. The molecule has 0 saturated heterocycles. The molecule has 1 aromatic carbocycles. The Balaban J connectivity index is 1.51. The Hall–Kier alpha value is -2.74. The number of nitrogens with one attached hydrogen (secondary N) is 1. The van der Waals surface area contributed by atoms with Crippen molar-refractivity contribution in [2.45, 2.75) is 17.2 Å². The van der Waals surface area contributed by atoms with Crippen LogP contribution < -0.4 is 5.32 Å². The Morgan fingerprint density at radius 2 is 2.09 bits per heavy atom. The van der Waals surface area contributed by atoms with E-state index in [1.54, 1.807) is 18.0 Å². The summed E-state index contributed by atoms with van der Waals surface area (Å²) in [7, 11) is 0. The quantitative estimate of drug-likeness (QED) is 0.697. The van der Waals surface area contributed by atoms with E-state index in [1.165, 1.54) is 16.6 Å². The topological polar surface area (TPSA) is 85.6 Å². The highest BCUT2D eigenvalue weighted by Gasteiger charge is 2.05. The molecule has 0 aliphatic rings. The number of carbonyl (C=O) groups is 1. The number of benzene rings is 1. The van der Waals surface area contributed by atoms with Crippen molar-refractivity contribution in [3.05, 3.63) is 60.7 Å². The number of anilines is 1. The number of tetrazole rings is 1. The monoisotopic (exact) mass is 326 g/mol. The first-order valence-electron chi connectivity index (χ1n) is 6.92. The van der Waals surface area contributed by atoms with Gasteiger partial charge in [-0.2, -0.15) is 0 Å². The van der Waals surface area contributed by atoms with E-state index < -0.39 is 0 Å². The molecule has 0 saturated carbocycles. The maximum atomic E-state index is 11.8. The molecule has 0 radical (unpaired) electrons. The van der Waals surface area contributed by atoms with Crippen molar-refractivity contribution < 1.29 is 4.79 Å². The van der Waals surface area contributed by atoms with E-state index in [4.69, 9.17) is 0 Å². The lowest BCUT2D eigenvalue weighted by molar-refractivity contribution is -0.116. The van der Waals surface area contributed by atoms with E-state index in [2.05, 4.69) is 25.8 Å². The van der Waals surface area contributed by atoms with Crippen LogP contribution in [-0.4, -0.2) is 31.1 Å². The number of thioether (sulfide) groups is 1. The van der Waals surface area contributed by atoms with Gasteiger partial charge in [0.15, 0.2) is 0 Å². The lowest BCUT2D eigenvalue weighted by Gasteiger charge is -2.06. The molecule has 0 spiro atoms. The number of pyridine rings is 1. The minimum atomic E-state index is -0.173. The second-order valence-corrected chi connectivity index (χ2v) is 5.78. The molecule has 0 aliphatic carbocycles. The zero-order valence-corrected chi connectivity index (χ0v) is 13.0. The molecular formula is C15H14N6OS. The molecule has 0 atom stereocenters. The van der Waals surface area contributed by atoms with Crippen LogP contribution in [0.15, 0.2) is 60.0 Å². The van der Waals surface area contributed by atoms with Gasteiger partial charge in [0.25, 0.3) is 0 Å². The fraction of sp³-hybridized carbons (Fsp3) is 0.133. The van der Waals surface area contributed by atoms with Gasteiger partial charge in [0.1, 0.15) is 12.9 Å². The standard InChI is InChI=1S/C15H14N6OS/c22-15(9-21-11-17-19-20-21)18-13-3-5-14(6-4-13)23-10-12-2-1-7-16-8-12/h1-8,11H,9-10H2,(H,18,22). The molecule has 0 unspecified atom stereocenters. The van der Waals surface area contributed by atoms with Gasteiger partial charge in [-0.3, -0.25) is 9.78 Å². The van der Waals surface area contributed by atoms with Gasteiger partial charge in [0.2, 0.25) is 5.91 Å². The molecule has 1 amide bonds. The van der Waals surface area contributed by atoms with Gasteiger partial charge in [-0.05, 0) is 46.3 Å². The maximum Gasteiger partial charge on any atom is 0.246 e. The Bertz CT molecular complexity index is 745. The van der Waals surface area contributed by atoms with Crippen molar-refractivity contribution in [1.82, 2.24) is 25.2 Å². The second-order valence-electron chi connectivity index (χ2n) is 4.73. The molecule has 7 nitrogen and oxygen atoms in total. The summed E-state index contributed by atoms with van der Waals surface area (Å²) in [6, 6.07) is 11.7. The van der Waals surface area contributed by atoms with Crippen LogP contribution in [0.1, 0.15) is 5.56 Å². The van der Waals surface area contributed by atoms with E-state index in [0.717, 1.165) is 16.3 Å². The summed E-state index contributed by atoms with van der Waals surface area (Å²) in [4.78, 5) is 17.1. The van der Waals surface area contributed by atoms with Crippen LogP contribution in [0.25, 0.3) is 0 Å². The van der Waals surface area contributed by atoms with Crippen molar-refractivity contribution in [2.24, 2.45) is 0 Å². The van der Waals surface area contributed by atoms with Gasteiger partial charge in [-0.25, -0.2) is 4.68 Å². The number of hydrogen-bond donors (Lipinski definition) is 1. The number of amides is 1. The SMILES string of the molecule is O=C(Cn1cnnn1)Nc1ccc(SCc2cccnc2)cc1. The van der Waals surface area contributed by atoms with Crippen LogP contribution in [0.5, 0.6) is 0 Å². The molecule has 0 fully saturated rings. The molecule has 116 valence electrons. The van der Waals surface area contributed by atoms with E-state index in [9.17, 15) is 4.79 Å². The van der Waals surface area contributed by atoms with Gasteiger partial charge in [-0.15, -0.1) is 16.9 Å². The van der Waals surface area contributed by atoms with Gasteiger partial charge >= 0.3 is 0 Å². The summed E-state index contributed by atoms with van der Waals surface area (Å²) in [6.45, 7) is 0.0878. The maximum absolute atomic E-state index is 11.8. The zero-order valence-electron chi connectivity index (χ0n) is 12.2. The van der Waals surface area contributed by atoms with E-state index >= 15 is 0 Å². The first-order valence-corrected chi connectivity index (χ1v) is 7.90. The third-order valence-corrected chi connectivity index (χ3v) is 4.05. The van der Waals surface area contributed by atoms with Gasteiger partial charge < -0.3 is 5.32 Å². The van der Waals surface area contributed by atoms with Crippen LogP contribution >= 0.6 is 11.8 Å². The summed E-state index contributed by atoms with van der Waals surface area (Å²) in [5.74, 6) is 0.687. The molecule has 8 heteroatoms. The van der Waals surface area contributed by atoms with Crippen molar-refractivity contribution >= 4 is 23.4 Å². The lowest BCUT2D eigenvalue weighted by atomic mass is 10.3. The average Bonchev–Trinajstić information content (AvgIpc) is 3.08. The summed E-state index contributed by atoms with van der Waals surface area (Å²) in [6.07, 6.45) is 5.03. The molecule has 0 bridgehead atoms. The summed E-state index contributed by atoms with van der Waals surface area (Å²) in [5.41, 5.74) is 1.92. The number of aromatic nitrogens is 5. The highest BCUT2D eigenvalue weighted by atomic mass is 32.2. The van der Waals surface area contributed by atoms with E-state index in [1.807, 2.05) is 42.6 Å². The van der Waals surface area contributed by atoms with Crippen LogP contribution in [-0.2, 0) is 17.1 Å². The van der Waals surface area contributed by atoms with Crippen molar-refractivity contribution in [1.29, 1.82) is 0 Å². The third-order valence-electron chi connectivity index (χ3n) is 2.96. The molecule has 23 heavy (non-hydrogen) atoms. The predicted molar refractivity (Wildman–Crippen MR) is 86.7 cm³/mol. The predicted octanol–water partition coefficient (Wildman–Crippen LogP) is 2.00. The Morgan fingerprint density at radius 3 is 2.78 bits per heavy atom. The molecular weight excluding hydrogens is 312 g/mol. The fourth-order valence-corrected chi connectivity index (χ4v) is 2.72. The zero-order chi connectivity index (χ0) is 15.9. The van der Waals surface area contributed by atoms with E-state index in [-0.39, 0.29) is 12.5 Å². The number of hydrogen-bond acceptors (Lipinski definition) is 6. The third kappa shape index (κ3) is 4.62. The smallest absolute Gasteiger partial charge is 0.246 e. The van der Waals surface area contributed by atoms with Gasteiger partial charge in [-0.1, -0.05) is 6.07 Å². The first kappa shape index (κ1) is 15.2. The number of carbonyl (C=O) groups excluding carboxylic acids is 1. The normalized spacial score (nSPS) is 10.4. The molecule has 3 aromatic rings. The fourth-order valence-electron chi connectivity index (χ4n) is 1.89. The van der Waals surface area contributed by atoms with E-state index in [0.29, 0.717) is 0 Å². The summed E-state index contributed by atoms with van der Waals surface area (Å²) < 4.78 is 1.37. The lowest BCUT2D eigenvalue weighted by Crippen LogP contribution is -2.19. The minimum Gasteiger partial charge on any atom is -0.324 e. The van der Waals surface area contributed by atoms with Crippen LogP contribution in [0.2, 0.25) is 0 Å². The van der Waals surface area contributed by atoms with Gasteiger partial charge in [0, 0.05) is 28.7 Å². The molecule has 2 heterocycles. The molecule has 1 N–H and O–H groups in total. The highest BCUT2D eigenvalue weighted by Crippen LogP contribution is 2.23. The van der Waals surface area contributed by atoms with Crippen LogP contribution in [0.4, 0.5) is 5.69 Å². The average molecular weight is 326 g/mol. The Kier molecular flexibility index (Phi) is 4.95. The number of rotatable bonds is 6. The first-order chi connectivity index (χ1) is 11.3. The van der Waals surface area contributed by atoms with Crippen molar-refractivity contribution in [2.75, 3.05) is 5.32 Å². The van der Waals surface area contributed by atoms with Crippen LogP contribution in [0, 0.1) is 0 Å². The van der Waals surface area contributed by atoms with Crippen molar-refractivity contribution in [3.8, 4) is 0 Å². The van der Waals surface area contributed by atoms with Crippen molar-refractivity contribution in [3.63, 3.8) is 0 Å². The Morgan fingerprint density at radius 1 is 1.22 bits per heavy atom. The largest absolute Gasteiger partial charge is 0.324 e. The Labute approximate surface area is 137 Å². The summed E-state index contributed by atoms with van der Waals surface area (Å²) in [5, 5.41) is 13.4. The molecule has 0 aliphatic heterocycles. The second kappa shape index (κ2) is 7.50. The molecule has 2 aromatic heterocycles.